The molecule has 1 aliphatic rings. The van der Waals surface area contributed by atoms with Gasteiger partial charge >= 0.3 is 0 Å². The quantitative estimate of drug-likeness (QED) is 0.838. The van der Waals surface area contributed by atoms with Gasteiger partial charge in [0.05, 0.1) is 0 Å². The van der Waals surface area contributed by atoms with Crippen molar-refractivity contribution in [2.24, 2.45) is 0 Å². The van der Waals surface area contributed by atoms with Crippen molar-refractivity contribution in [1.29, 1.82) is 0 Å². The van der Waals surface area contributed by atoms with E-state index in [4.69, 9.17) is 0 Å². The summed E-state index contributed by atoms with van der Waals surface area (Å²) in [6, 6.07) is 0. The lowest BCUT2D eigenvalue weighted by atomic mass is 9.93. The first-order valence-corrected chi connectivity index (χ1v) is 6.58. The van der Waals surface area contributed by atoms with E-state index >= 15 is 0 Å². The summed E-state index contributed by atoms with van der Waals surface area (Å²) in [7, 11) is 0. The van der Waals surface area contributed by atoms with E-state index in [1.54, 1.807) is 6.20 Å². The molecule has 94 valence electrons. The Labute approximate surface area is 107 Å². The molecule has 1 aliphatic carbocycles. The molecule has 1 atom stereocenters. The van der Waals surface area contributed by atoms with Crippen LogP contribution in [0.1, 0.15) is 36.8 Å². The normalized spacial score (nSPS) is 19.2. The standard InChI is InChI=1S/C14H18N4/c1-2-4-12(5-3-1)14-17-9-11-18(14)10-6-13-15-7-8-16-13/h1-2,7-9,11-12H,3-6,10H2,(H,15,16)/t12-/m1/s1. The largest absolute Gasteiger partial charge is 0.349 e. The molecule has 4 nitrogen and oxygen atoms in total. The van der Waals surface area contributed by atoms with Crippen LogP contribution in [0.2, 0.25) is 0 Å². The van der Waals surface area contributed by atoms with Crippen LogP contribution in [0.4, 0.5) is 0 Å². The van der Waals surface area contributed by atoms with Gasteiger partial charge in [0.2, 0.25) is 0 Å². The molecule has 0 saturated carbocycles. The fourth-order valence-corrected chi connectivity index (χ4v) is 2.56. The van der Waals surface area contributed by atoms with Crippen molar-refractivity contribution < 1.29 is 0 Å². The number of aryl methyl sites for hydroxylation is 2. The van der Waals surface area contributed by atoms with Gasteiger partial charge in [-0.25, -0.2) is 9.97 Å². The summed E-state index contributed by atoms with van der Waals surface area (Å²) in [4.78, 5) is 11.9. The third-order valence-electron chi connectivity index (χ3n) is 3.53. The number of aromatic nitrogens is 4. The zero-order valence-corrected chi connectivity index (χ0v) is 10.4. The Morgan fingerprint density at radius 2 is 2.28 bits per heavy atom. The number of nitrogens with zero attached hydrogens (tertiary/aromatic N) is 3. The van der Waals surface area contributed by atoms with Gasteiger partial charge in [0.15, 0.2) is 0 Å². The lowest BCUT2D eigenvalue weighted by molar-refractivity contribution is 0.532. The molecule has 0 unspecified atom stereocenters. The molecule has 18 heavy (non-hydrogen) atoms. The number of imidazole rings is 2. The van der Waals surface area contributed by atoms with Crippen LogP contribution in [0.25, 0.3) is 0 Å². The summed E-state index contributed by atoms with van der Waals surface area (Å²) in [5, 5.41) is 0. The Bertz CT molecular complexity index is 510. The monoisotopic (exact) mass is 242 g/mol. The Hall–Kier alpha value is -1.84. The highest BCUT2D eigenvalue weighted by Crippen LogP contribution is 2.27. The minimum atomic E-state index is 0.585. The topological polar surface area (TPSA) is 46.5 Å². The SMILES string of the molecule is C1=CC[C@@H](c2nccn2CCc2ncc[nH]2)CC1. The van der Waals surface area contributed by atoms with Crippen molar-refractivity contribution in [2.75, 3.05) is 0 Å². The predicted octanol–water partition coefficient (Wildman–Crippen LogP) is 2.67. The smallest absolute Gasteiger partial charge is 0.112 e. The highest BCUT2D eigenvalue weighted by atomic mass is 15.1. The number of hydrogen-bond acceptors (Lipinski definition) is 2. The van der Waals surface area contributed by atoms with Crippen LogP contribution in [0.3, 0.4) is 0 Å². The third-order valence-corrected chi connectivity index (χ3v) is 3.53. The van der Waals surface area contributed by atoms with Crippen LogP contribution >= 0.6 is 0 Å². The number of nitrogens with one attached hydrogen (secondary N) is 1. The third kappa shape index (κ3) is 2.37. The molecule has 0 spiro atoms. The first-order valence-electron chi connectivity index (χ1n) is 6.58. The molecule has 0 bridgehead atoms. The fraction of sp³-hybridized carbons (Fsp3) is 0.429. The highest BCUT2D eigenvalue weighted by Gasteiger charge is 2.17. The summed E-state index contributed by atoms with van der Waals surface area (Å²) in [6.45, 7) is 0.947. The molecule has 0 fully saturated rings. The Balaban J connectivity index is 1.69. The summed E-state index contributed by atoms with van der Waals surface area (Å²) >= 11 is 0. The number of allylic oxidation sites excluding steroid dienone is 2. The van der Waals surface area contributed by atoms with E-state index < -0.39 is 0 Å². The van der Waals surface area contributed by atoms with Gasteiger partial charge < -0.3 is 9.55 Å². The van der Waals surface area contributed by atoms with E-state index in [-0.39, 0.29) is 0 Å². The number of hydrogen-bond donors (Lipinski definition) is 1. The van der Waals surface area contributed by atoms with Gasteiger partial charge in [-0.05, 0) is 19.3 Å². The Morgan fingerprint density at radius 1 is 1.28 bits per heavy atom. The molecule has 2 aromatic rings. The maximum atomic E-state index is 4.54. The van der Waals surface area contributed by atoms with Crippen LogP contribution < -0.4 is 0 Å². The van der Waals surface area contributed by atoms with Gasteiger partial charge in [0.25, 0.3) is 0 Å². The van der Waals surface area contributed by atoms with Crippen molar-refractivity contribution in [1.82, 2.24) is 19.5 Å². The Morgan fingerprint density at radius 3 is 3.06 bits per heavy atom. The number of aromatic amines is 1. The van der Waals surface area contributed by atoms with Crippen LogP contribution in [-0.2, 0) is 13.0 Å². The molecule has 2 aromatic heterocycles. The maximum Gasteiger partial charge on any atom is 0.112 e. The number of rotatable bonds is 4. The van der Waals surface area contributed by atoms with E-state index in [1.165, 1.54) is 18.7 Å². The molecule has 1 N–H and O–H groups in total. The average Bonchev–Trinajstić information content (AvgIpc) is 3.09. The van der Waals surface area contributed by atoms with Gasteiger partial charge in [-0.1, -0.05) is 12.2 Å². The second kappa shape index (κ2) is 5.21. The van der Waals surface area contributed by atoms with Gasteiger partial charge in [0, 0.05) is 43.7 Å². The minimum absolute atomic E-state index is 0.585. The maximum absolute atomic E-state index is 4.54. The second-order valence-corrected chi connectivity index (χ2v) is 4.75. The summed E-state index contributed by atoms with van der Waals surface area (Å²) in [6.07, 6.45) is 16.7. The molecule has 0 amide bonds. The first kappa shape index (κ1) is 11.3. The van der Waals surface area contributed by atoms with Crippen LogP contribution in [0.5, 0.6) is 0 Å². The van der Waals surface area contributed by atoms with Crippen LogP contribution in [0, 0.1) is 0 Å². The molecule has 3 rings (SSSR count). The molecule has 0 radical (unpaired) electrons. The lowest BCUT2D eigenvalue weighted by Crippen LogP contribution is -2.11. The van der Waals surface area contributed by atoms with Crippen molar-refractivity contribution >= 4 is 0 Å². The van der Waals surface area contributed by atoms with Crippen molar-refractivity contribution in [3.05, 3.63) is 48.6 Å². The molecule has 4 heteroatoms. The lowest BCUT2D eigenvalue weighted by Gasteiger charge is -2.18. The molecular formula is C14H18N4. The number of H-pyrrole nitrogens is 1. The van der Waals surface area contributed by atoms with Gasteiger partial charge in [-0.2, -0.15) is 0 Å². The van der Waals surface area contributed by atoms with E-state index in [0.29, 0.717) is 5.92 Å². The summed E-state index contributed by atoms with van der Waals surface area (Å²) < 4.78 is 2.27. The van der Waals surface area contributed by atoms with Crippen LogP contribution in [-0.4, -0.2) is 19.5 Å². The van der Waals surface area contributed by atoms with Gasteiger partial charge in [-0.3, -0.25) is 0 Å². The molecule has 0 aromatic carbocycles. The van der Waals surface area contributed by atoms with Crippen LogP contribution in [0.15, 0.2) is 36.9 Å². The first-order chi connectivity index (χ1) is 8.93. The Kier molecular flexibility index (Phi) is 3.26. The minimum Gasteiger partial charge on any atom is -0.349 e. The van der Waals surface area contributed by atoms with Crippen molar-refractivity contribution in [2.45, 2.75) is 38.1 Å². The van der Waals surface area contributed by atoms with Crippen molar-refractivity contribution in [3.63, 3.8) is 0 Å². The predicted molar refractivity (Wildman–Crippen MR) is 70.3 cm³/mol. The van der Waals surface area contributed by atoms with Gasteiger partial charge in [-0.15, -0.1) is 0 Å². The average molecular weight is 242 g/mol. The molecule has 2 heterocycles. The van der Waals surface area contributed by atoms with E-state index in [2.05, 4.69) is 37.9 Å². The fourth-order valence-electron chi connectivity index (χ4n) is 2.56. The second-order valence-electron chi connectivity index (χ2n) is 4.75. The van der Waals surface area contributed by atoms with E-state index in [9.17, 15) is 0 Å². The molecule has 0 aliphatic heterocycles. The van der Waals surface area contributed by atoms with Crippen molar-refractivity contribution in [3.8, 4) is 0 Å². The van der Waals surface area contributed by atoms with E-state index in [0.717, 1.165) is 25.2 Å². The summed E-state index contributed by atoms with van der Waals surface area (Å²) in [5.41, 5.74) is 0. The highest BCUT2D eigenvalue weighted by molar-refractivity contribution is 5.07. The molecule has 0 saturated heterocycles. The summed E-state index contributed by atoms with van der Waals surface area (Å²) in [5.74, 6) is 2.85. The van der Waals surface area contributed by atoms with E-state index in [1.807, 2.05) is 12.4 Å². The zero-order chi connectivity index (χ0) is 12.2. The zero-order valence-electron chi connectivity index (χ0n) is 10.4. The molecular weight excluding hydrogens is 224 g/mol. The van der Waals surface area contributed by atoms with Gasteiger partial charge in [0.1, 0.15) is 11.6 Å².